The number of likely N-dealkylation sites (N-methyl/N-ethyl adjacent to an activating group) is 1. The maximum atomic E-state index is 12.4. The molecule has 1 aliphatic rings. The van der Waals surface area contributed by atoms with Crippen molar-refractivity contribution in [2.24, 2.45) is 0 Å². The number of rotatable bonds is 4. The van der Waals surface area contributed by atoms with E-state index >= 15 is 0 Å². The summed E-state index contributed by atoms with van der Waals surface area (Å²) in [6, 6.07) is 7.34. The third kappa shape index (κ3) is 3.64. The van der Waals surface area contributed by atoms with Crippen LogP contribution < -0.4 is 10.9 Å². The fourth-order valence-electron chi connectivity index (χ4n) is 3.27. The van der Waals surface area contributed by atoms with Crippen molar-refractivity contribution in [3.63, 3.8) is 0 Å². The SMILES string of the molecule is CN1CCCCC[C@@H]1C(=O)NCCn1ncc2ccccc2c1=O. The molecule has 1 aromatic heterocycles. The van der Waals surface area contributed by atoms with Crippen LogP contribution >= 0.6 is 0 Å². The Morgan fingerprint density at radius 1 is 1.29 bits per heavy atom. The third-order valence-corrected chi connectivity index (χ3v) is 4.71. The fourth-order valence-corrected chi connectivity index (χ4v) is 3.27. The molecule has 1 saturated heterocycles. The van der Waals surface area contributed by atoms with Crippen LogP contribution in [0.25, 0.3) is 10.8 Å². The fraction of sp³-hybridized carbons (Fsp3) is 0.500. The highest BCUT2D eigenvalue weighted by Crippen LogP contribution is 2.15. The summed E-state index contributed by atoms with van der Waals surface area (Å²) in [5.41, 5.74) is -0.117. The highest BCUT2D eigenvalue weighted by molar-refractivity contribution is 5.82. The van der Waals surface area contributed by atoms with Gasteiger partial charge >= 0.3 is 0 Å². The largest absolute Gasteiger partial charge is 0.353 e. The van der Waals surface area contributed by atoms with Crippen LogP contribution in [0.5, 0.6) is 0 Å². The molecule has 3 rings (SSSR count). The Labute approximate surface area is 141 Å². The maximum absolute atomic E-state index is 12.4. The molecule has 1 fully saturated rings. The number of likely N-dealkylation sites (tertiary alicyclic amines) is 1. The Morgan fingerprint density at radius 3 is 3.00 bits per heavy atom. The minimum absolute atomic E-state index is 0.0493. The zero-order valence-corrected chi connectivity index (χ0v) is 14.1. The number of hydrogen-bond donors (Lipinski definition) is 1. The van der Waals surface area contributed by atoms with Gasteiger partial charge in [-0.15, -0.1) is 0 Å². The van der Waals surface area contributed by atoms with Crippen molar-refractivity contribution < 1.29 is 4.79 Å². The van der Waals surface area contributed by atoms with Crippen molar-refractivity contribution in [2.45, 2.75) is 38.3 Å². The Hall–Kier alpha value is -2.21. The highest BCUT2D eigenvalue weighted by Gasteiger charge is 2.24. The van der Waals surface area contributed by atoms with Gasteiger partial charge in [-0.05, 0) is 32.5 Å². The molecule has 1 N–H and O–H groups in total. The molecular formula is C18H24N4O2. The van der Waals surface area contributed by atoms with Gasteiger partial charge in [-0.25, -0.2) is 4.68 Å². The number of nitrogens with one attached hydrogen (secondary N) is 1. The van der Waals surface area contributed by atoms with Crippen molar-refractivity contribution in [3.05, 3.63) is 40.8 Å². The summed E-state index contributed by atoms with van der Waals surface area (Å²) in [5, 5.41) is 8.63. The van der Waals surface area contributed by atoms with E-state index in [-0.39, 0.29) is 17.5 Å². The van der Waals surface area contributed by atoms with E-state index in [1.54, 1.807) is 12.3 Å². The standard InChI is InChI=1S/C18H24N4O2/c1-21-11-6-2-3-9-16(21)17(23)19-10-12-22-18(24)15-8-5-4-7-14(15)13-20-22/h4-5,7-8,13,16H,2-3,6,9-12H2,1H3,(H,19,23)/t16-/m1/s1. The van der Waals surface area contributed by atoms with E-state index in [1.165, 1.54) is 11.1 Å². The summed E-state index contributed by atoms with van der Waals surface area (Å²) < 4.78 is 1.42. The number of nitrogens with zero attached hydrogens (tertiary/aromatic N) is 3. The van der Waals surface area contributed by atoms with Gasteiger partial charge in [0.15, 0.2) is 0 Å². The van der Waals surface area contributed by atoms with Gasteiger partial charge in [-0.3, -0.25) is 14.5 Å². The third-order valence-electron chi connectivity index (χ3n) is 4.71. The number of amides is 1. The van der Waals surface area contributed by atoms with E-state index < -0.39 is 0 Å². The van der Waals surface area contributed by atoms with Crippen LogP contribution in [0.4, 0.5) is 0 Å². The first-order chi connectivity index (χ1) is 11.7. The topological polar surface area (TPSA) is 67.2 Å². The Balaban J connectivity index is 1.61. The first kappa shape index (κ1) is 16.6. The lowest BCUT2D eigenvalue weighted by molar-refractivity contribution is -0.126. The summed E-state index contributed by atoms with van der Waals surface area (Å²) in [5.74, 6) is 0.0493. The molecule has 0 saturated carbocycles. The van der Waals surface area contributed by atoms with Gasteiger partial charge in [0.1, 0.15) is 0 Å². The second-order valence-electron chi connectivity index (χ2n) is 6.40. The lowest BCUT2D eigenvalue weighted by Crippen LogP contribution is -2.45. The van der Waals surface area contributed by atoms with Crippen molar-refractivity contribution in [3.8, 4) is 0 Å². The number of carbonyl (C=O) groups excluding carboxylic acids is 1. The molecule has 1 amide bonds. The number of aromatic nitrogens is 2. The van der Waals surface area contributed by atoms with Gasteiger partial charge in [0.05, 0.1) is 24.2 Å². The Bertz CT molecular complexity index is 771. The molecule has 0 bridgehead atoms. The zero-order valence-electron chi connectivity index (χ0n) is 14.1. The van der Waals surface area contributed by atoms with Crippen molar-refractivity contribution in [1.82, 2.24) is 20.0 Å². The molecule has 6 heteroatoms. The lowest BCUT2D eigenvalue weighted by atomic mass is 10.1. The number of benzene rings is 1. The van der Waals surface area contributed by atoms with E-state index in [9.17, 15) is 9.59 Å². The van der Waals surface area contributed by atoms with E-state index in [2.05, 4.69) is 15.3 Å². The molecular weight excluding hydrogens is 304 g/mol. The maximum Gasteiger partial charge on any atom is 0.274 e. The van der Waals surface area contributed by atoms with E-state index in [0.29, 0.717) is 18.5 Å². The Morgan fingerprint density at radius 2 is 2.12 bits per heavy atom. The predicted octanol–water partition coefficient (Wildman–Crippen LogP) is 1.39. The molecule has 0 radical (unpaired) electrons. The zero-order chi connectivity index (χ0) is 16.9. The molecule has 128 valence electrons. The van der Waals surface area contributed by atoms with E-state index in [4.69, 9.17) is 0 Å². The minimum atomic E-state index is -0.117. The molecule has 2 heterocycles. The van der Waals surface area contributed by atoms with E-state index in [0.717, 1.165) is 31.2 Å². The van der Waals surface area contributed by atoms with Gasteiger partial charge in [0.25, 0.3) is 5.56 Å². The van der Waals surface area contributed by atoms with Gasteiger partial charge in [0, 0.05) is 11.9 Å². The number of carbonyl (C=O) groups is 1. The molecule has 0 spiro atoms. The summed E-state index contributed by atoms with van der Waals surface area (Å²) in [7, 11) is 2.00. The quantitative estimate of drug-likeness (QED) is 0.921. The van der Waals surface area contributed by atoms with Crippen LogP contribution in [0.15, 0.2) is 35.3 Å². The average Bonchev–Trinajstić information content (AvgIpc) is 2.81. The summed E-state index contributed by atoms with van der Waals surface area (Å²) in [6.45, 7) is 1.75. The average molecular weight is 328 g/mol. The Kier molecular flexibility index (Phi) is 5.25. The first-order valence-corrected chi connectivity index (χ1v) is 8.59. The van der Waals surface area contributed by atoms with Crippen LogP contribution in [-0.4, -0.2) is 46.8 Å². The van der Waals surface area contributed by atoms with Crippen LogP contribution in [-0.2, 0) is 11.3 Å². The predicted molar refractivity (Wildman–Crippen MR) is 93.9 cm³/mol. The molecule has 0 aliphatic carbocycles. The van der Waals surface area contributed by atoms with Gasteiger partial charge in [-0.2, -0.15) is 5.10 Å². The molecule has 24 heavy (non-hydrogen) atoms. The smallest absolute Gasteiger partial charge is 0.274 e. The summed E-state index contributed by atoms with van der Waals surface area (Å²) >= 11 is 0. The second kappa shape index (κ2) is 7.57. The van der Waals surface area contributed by atoms with Crippen LogP contribution in [0.2, 0.25) is 0 Å². The minimum Gasteiger partial charge on any atom is -0.353 e. The van der Waals surface area contributed by atoms with Gasteiger partial charge in [-0.1, -0.05) is 31.0 Å². The first-order valence-electron chi connectivity index (χ1n) is 8.59. The monoisotopic (exact) mass is 328 g/mol. The van der Waals surface area contributed by atoms with Gasteiger partial charge in [0.2, 0.25) is 5.91 Å². The van der Waals surface area contributed by atoms with Crippen molar-refractivity contribution in [1.29, 1.82) is 0 Å². The highest BCUT2D eigenvalue weighted by atomic mass is 16.2. The summed E-state index contributed by atoms with van der Waals surface area (Å²) in [6.07, 6.45) is 6.02. The molecule has 1 aromatic carbocycles. The van der Waals surface area contributed by atoms with Crippen LogP contribution in [0, 0.1) is 0 Å². The summed E-state index contributed by atoms with van der Waals surface area (Å²) in [4.78, 5) is 26.9. The molecule has 2 aromatic rings. The van der Waals surface area contributed by atoms with Crippen molar-refractivity contribution in [2.75, 3.05) is 20.1 Å². The molecule has 1 atom stereocenters. The van der Waals surface area contributed by atoms with E-state index in [1.807, 2.05) is 25.2 Å². The van der Waals surface area contributed by atoms with Crippen molar-refractivity contribution >= 4 is 16.7 Å². The normalized spacial score (nSPS) is 19.1. The van der Waals surface area contributed by atoms with Crippen LogP contribution in [0.1, 0.15) is 25.7 Å². The molecule has 0 unspecified atom stereocenters. The number of hydrogen-bond acceptors (Lipinski definition) is 4. The van der Waals surface area contributed by atoms with Gasteiger partial charge < -0.3 is 5.32 Å². The number of fused-ring (bicyclic) bond motifs is 1. The molecule has 6 nitrogen and oxygen atoms in total. The lowest BCUT2D eigenvalue weighted by Gasteiger charge is -2.24. The second-order valence-corrected chi connectivity index (χ2v) is 6.40. The van der Waals surface area contributed by atoms with Crippen LogP contribution in [0.3, 0.4) is 0 Å². The molecule has 1 aliphatic heterocycles.